The second kappa shape index (κ2) is 5.90. The Morgan fingerprint density at radius 1 is 1.25 bits per heavy atom. The van der Waals surface area contributed by atoms with Crippen LogP contribution in [0.1, 0.15) is 18.9 Å². The van der Waals surface area contributed by atoms with Crippen molar-refractivity contribution in [1.82, 2.24) is 5.32 Å². The first-order chi connectivity index (χ1) is 7.58. The van der Waals surface area contributed by atoms with Crippen LogP contribution in [0.3, 0.4) is 0 Å². The lowest BCUT2D eigenvalue weighted by Crippen LogP contribution is -2.27. The SMILES string of the molecule is CC(=O)CCNC(=O)Cc1ccc(N)cc1. The summed E-state index contributed by atoms with van der Waals surface area (Å²) < 4.78 is 0. The van der Waals surface area contributed by atoms with E-state index < -0.39 is 0 Å². The van der Waals surface area contributed by atoms with Gasteiger partial charge in [0.15, 0.2) is 0 Å². The molecular formula is C12H16N2O2. The van der Waals surface area contributed by atoms with E-state index >= 15 is 0 Å². The highest BCUT2D eigenvalue weighted by atomic mass is 16.1. The second-order valence-electron chi connectivity index (χ2n) is 3.72. The summed E-state index contributed by atoms with van der Waals surface area (Å²) in [4.78, 5) is 22.1. The van der Waals surface area contributed by atoms with Crippen molar-refractivity contribution in [3.63, 3.8) is 0 Å². The van der Waals surface area contributed by atoms with Crippen LogP contribution in [0.25, 0.3) is 0 Å². The molecule has 4 heteroatoms. The Hall–Kier alpha value is -1.84. The molecule has 1 amide bonds. The van der Waals surface area contributed by atoms with Crippen molar-refractivity contribution in [3.8, 4) is 0 Å². The smallest absolute Gasteiger partial charge is 0.224 e. The maximum absolute atomic E-state index is 11.4. The standard InChI is InChI=1S/C12H16N2O2/c1-9(15)6-7-14-12(16)8-10-2-4-11(13)5-3-10/h2-5H,6-8,13H2,1H3,(H,14,16). The molecule has 86 valence electrons. The Morgan fingerprint density at radius 2 is 1.88 bits per heavy atom. The number of ketones is 1. The second-order valence-corrected chi connectivity index (χ2v) is 3.72. The van der Waals surface area contributed by atoms with Crippen molar-refractivity contribution in [2.75, 3.05) is 12.3 Å². The number of nitrogen functional groups attached to an aromatic ring is 1. The van der Waals surface area contributed by atoms with Crippen molar-refractivity contribution >= 4 is 17.4 Å². The van der Waals surface area contributed by atoms with Crippen LogP contribution in [-0.2, 0) is 16.0 Å². The van der Waals surface area contributed by atoms with E-state index in [1.807, 2.05) is 12.1 Å². The number of carbonyl (C=O) groups is 2. The molecule has 0 atom stereocenters. The van der Waals surface area contributed by atoms with Crippen LogP contribution < -0.4 is 11.1 Å². The molecule has 3 N–H and O–H groups in total. The minimum Gasteiger partial charge on any atom is -0.399 e. The van der Waals surface area contributed by atoms with Gasteiger partial charge in [0.05, 0.1) is 6.42 Å². The normalized spacial score (nSPS) is 9.81. The van der Waals surface area contributed by atoms with E-state index in [0.29, 0.717) is 25.1 Å². The van der Waals surface area contributed by atoms with E-state index in [0.717, 1.165) is 5.56 Å². The Balaban J connectivity index is 2.34. The average molecular weight is 220 g/mol. The zero-order valence-electron chi connectivity index (χ0n) is 9.32. The predicted octanol–water partition coefficient (Wildman–Crippen LogP) is 0.907. The maximum atomic E-state index is 11.4. The van der Waals surface area contributed by atoms with Gasteiger partial charge < -0.3 is 11.1 Å². The Kier molecular flexibility index (Phi) is 4.51. The molecule has 0 saturated heterocycles. The van der Waals surface area contributed by atoms with E-state index in [2.05, 4.69) is 5.32 Å². The lowest BCUT2D eigenvalue weighted by atomic mass is 10.1. The third-order valence-electron chi connectivity index (χ3n) is 2.14. The summed E-state index contributed by atoms with van der Waals surface area (Å²) >= 11 is 0. The molecule has 4 nitrogen and oxygen atoms in total. The molecule has 0 radical (unpaired) electrons. The van der Waals surface area contributed by atoms with E-state index in [1.54, 1.807) is 12.1 Å². The highest BCUT2D eigenvalue weighted by Gasteiger charge is 2.03. The summed E-state index contributed by atoms with van der Waals surface area (Å²) in [6.45, 7) is 1.91. The number of hydrogen-bond acceptors (Lipinski definition) is 3. The molecule has 0 bridgehead atoms. The van der Waals surface area contributed by atoms with Gasteiger partial charge in [0, 0.05) is 18.7 Å². The van der Waals surface area contributed by atoms with Crippen molar-refractivity contribution in [1.29, 1.82) is 0 Å². The molecule has 0 aliphatic heterocycles. The first kappa shape index (κ1) is 12.2. The lowest BCUT2D eigenvalue weighted by Gasteiger charge is -2.04. The van der Waals surface area contributed by atoms with Crippen molar-refractivity contribution < 1.29 is 9.59 Å². The number of carbonyl (C=O) groups excluding carboxylic acids is 2. The van der Waals surface area contributed by atoms with Crippen LogP contribution in [0.15, 0.2) is 24.3 Å². The van der Waals surface area contributed by atoms with Gasteiger partial charge in [-0.3, -0.25) is 9.59 Å². The van der Waals surface area contributed by atoms with Crippen LogP contribution in [-0.4, -0.2) is 18.2 Å². The van der Waals surface area contributed by atoms with Gasteiger partial charge >= 0.3 is 0 Å². The number of amides is 1. The summed E-state index contributed by atoms with van der Waals surface area (Å²) in [6, 6.07) is 7.16. The molecule has 0 heterocycles. The van der Waals surface area contributed by atoms with Crippen molar-refractivity contribution in [2.24, 2.45) is 0 Å². The van der Waals surface area contributed by atoms with Gasteiger partial charge in [-0.25, -0.2) is 0 Å². The number of anilines is 1. The lowest BCUT2D eigenvalue weighted by molar-refractivity contribution is -0.120. The third kappa shape index (κ3) is 4.59. The third-order valence-corrected chi connectivity index (χ3v) is 2.14. The quantitative estimate of drug-likeness (QED) is 0.724. The summed E-state index contributed by atoms with van der Waals surface area (Å²) in [7, 11) is 0. The topological polar surface area (TPSA) is 72.2 Å². The highest BCUT2D eigenvalue weighted by molar-refractivity contribution is 5.80. The van der Waals surface area contributed by atoms with Gasteiger partial charge in [-0.1, -0.05) is 12.1 Å². The van der Waals surface area contributed by atoms with E-state index in [1.165, 1.54) is 6.92 Å². The summed E-state index contributed by atoms with van der Waals surface area (Å²) in [6.07, 6.45) is 0.700. The molecule has 0 aliphatic carbocycles. The molecule has 0 saturated carbocycles. The molecule has 1 aromatic rings. The van der Waals surface area contributed by atoms with Crippen LogP contribution in [0.2, 0.25) is 0 Å². The largest absolute Gasteiger partial charge is 0.399 e. The van der Waals surface area contributed by atoms with Gasteiger partial charge in [-0.15, -0.1) is 0 Å². The maximum Gasteiger partial charge on any atom is 0.224 e. The van der Waals surface area contributed by atoms with E-state index in [9.17, 15) is 9.59 Å². The predicted molar refractivity (Wildman–Crippen MR) is 62.9 cm³/mol. The van der Waals surface area contributed by atoms with Gasteiger partial charge in [0.25, 0.3) is 0 Å². The molecule has 0 unspecified atom stereocenters. The van der Waals surface area contributed by atoms with E-state index in [4.69, 9.17) is 5.73 Å². The van der Waals surface area contributed by atoms with Crippen LogP contribution in [0.5, 0.6) is 0 Å². The molecule has 1 rings (SSSR count). The highest BCUT2D eigenvalue weighted by Crippen LogP contribution is 2.05. The average Bonchev–Trinajstić information content (AvgIpc) is 2.21. The molecule has 0 fully saturated rings. The molecular weight excluding hydrogens is 204 g/mol. The number of hydrogen-bond donors (Lipinski definition) is 2. The first-order valence-electron chi connectivity index (χ1n) is 5.18. The zero-order valence-corrected chi connectivity index (χ0v) is 9.32. The molecule has 0 aliphatic rings. The number of benzene rings is 1. The summed E-state index contributed by atoms with van der Waals surface area (Å²) in [5, 5.41) is 2.69. The van der Waals surface area contributed by atoms with Crippen LogP contribution in [0.4, 0.5) is 5.69 Å². The fraction of sp³-hybridized carbons (Fsp3) is 0.333. The fourth-order valence-corrected chi connectivity index (χ4v) is 1.26. The number of rotatable bonds is 5. The number of nitrogens with one attached hydrogen (secondary N) is 1. The van der Waals surface area contributed by atoms with Gasteiger partial charge in [0.2, 0.25) is 5.91 Å². The summed E-state index contributed by atoms with van der Waals surface area (Å²) in [5.41, 5.74) is 7.13. The Labute approximate surface area is 94.8 Å². The monoisotopic (exact) mass is 220 g/mol. The first-order valence-corrected chi connectivity index (χ1v) is 5.18. The van der Waals surface area contributed by atoms with E-state index in [-0.39, 0.29) is 11.7 Å². The van der Waals surface area contributed by atoms with Crippen molar-refractivity contribution in [3.05, 3.63) is 29.8 Å². The minimum absolute atomic E-state index is 0.0767. The fourth-order valence-electron chi connectivity index (χ4n) is 1.26. The van der Waals surface area contributed by atoms with Crippen molar-refractivity contribution in [2.45, 2.75) is 19.8 Å². The number of Topliss-reactive ketones (excluding diaryl/α,β-unsaturated/α-hetero) is 1. The van der Waals surface area contributed by atoms with Gasteiger partial charge in [-0.2, -0.15) is 0 Å². The zero-order chi connectivity index (χ0) is 12.0. The summed E-state index contributed by atoms with van der Waals surface area (Å²) in [5.74, 6) is -0.00111. The molecule has 0 aromatic heterocycles. The Bertz CT molecular complexity index is 371. The molecule has 0 spiro atoms. The van der Waals surface area contributed by atoms with Gasteiger partial charge in [0.1, 0.15) is 5.78 Å². The molecule has 1 aromatic carbocycles. The van der Waals surface area contributed by atoms with Gasteiger partial charge in [-0.05, 0) is 24.6 Å². The molecule has 16 heavy (non-hydrogen) atoms. The Morgan fingerprint density at radius 3 is 2.44 bits per heavy atom. The minimum atomic E-state index is -0.0778. The van der Waals surface area contributed by atoms with Crippen LogP contribution >= 0.6 is 0 Å². The van der Waals surface area contributed by atoms with Crippen LogP contribution in [0, 0.1) is 0 Å². The number of nitrogens with two attached hydrogens (primary N) is 1.